The normalized spacial score (nSPS) is 15.0. The predicted molar refractivity (Wildman–Crippen MR) is 128 cm³/mol. The summed E-state index contributed by atoms with van der Waals surface area (Å²) in [5.74, 6) is 1.86. The van der Waals surface area contributed by atoms with Crippen molar-refractivity contribution in [1.29, 1.82) is 0 Å². The number of methoxy groups -OCH3 is 1. The Bertz CT molecular complexity index is 778. The number of nitrogens with one attached hydrogen (secondary N) is 1. The first kappa shape index (κ1) is 23.3. The van der Waals surface area contributed by atoms with Crippen LogP contribution in [0.1, 0.15) is 18.1 Å². The number of phenolic OH excluding ortho intramolecular Hbond substituents is 1. The highest BCUT2D eigenvalue weighted by Gasteiger charge is 2.19. The summed E-state index contributed by atoms with van der Waals surface area (Å²) in [6.07, 6.45) is 0. The number of piperazine rings is 1. The first-order valence-electron chi connectivity index (χ1n) is 9.85. The molecule has 2 aromatic carbocycles. The van der Waals surface area contributed by atoms with E-state index in [0.29, 0.717) is 6.54 Å². The molecule has 1 saturated heterocycles. The Morgan fingerprint density at radius 3 is 2.48 bits per heavy atom. The third-order valence-electron chi connectivity index (χ3n) is 4.94. The van der Waals surface area contributed by atoms with Crippen LogP contribution in [-0.4, -0.2) is 60.7 Å². The Kier molecular flexibility index (Phi) is 9.53. The van der Waals surface area contributed by atoms with E-state index in [0.717, 1.165) is 56.5 Å². The van der Waals surface area contributed by atoms with Gasteiger partial charge in [0.05, 0.1) is 13.7 Å². The third kappa shape index (κ3) is 6.78. The molecule has 3 rings (SSSR count). The second kappa shape index (κ2) is 11.9. The molecule has 0 spiro atoms. The molecule has 0 atom stereocenters. The third-order valence-corrected chi connectivity index (χ3v) is 4.94. The van der Waals surface area contributed by atoms with Gasteiger partial charge < -0.3 is 20.1 Å². The van der Waals surface area contributed by atoms with E-state index in [4.69, 9.17) is 9.73 Å². The Balaban J connectivity index is 0.00000300. The summed E-state index contributed by atoms with van der Waals surface area (Å²) in [4.78, 5) is 9.52. The maximum atomic E-state index is 10.1. The standard InChI is InChI=1S/C22H30N4O2.HI/c1-3-23-22(24-16-19-15-20(28-2)9-10-21(19)27)26-13-11-25(12-14-26)17-18-7-5-4-6-8-18;/h4-10,15,27H,3,11-14,16-17H2,1-2H3,(H,23,24);1H. The fourth-order valence-electron chi connectivity index (χ4n) is 3.36. The minimum Gasteiger partial charge on any atom is -0.508 e. The largest absolute Gasteiger partial charge is 0.508 e. The van der Waals surface area contributed by atoms with Crippen LogP contribution in [0.15, 0.2) is 53.5 Å². The Morgan fingerprint density at radius 1 is 1.10 bits per heavy atom. The summed E-state index contributed by atoms with van der Waals surface area (Å²) >= 11 is 0. The summed E-state index contributed by atoms with van der Waals surface area (Å²) in [5, 5.41) is 13.5. The molecular weight excluding hydrogens is 479 g/mol. The quantitative estimate of drug-likeness (QED) is 0.355. The van der Waals surface area contributed by atoms with Crippen molar-refractivity contribution < 1.29 is 9.84 Å². The van der Waals surface area contributed by atoms with E-state index in [9.17, 15) is 5.11 Å². The van der Waals surface area contributed by atoms with E-state index in [-0.39, 0.29) is 29.7 Å². The second-order valence-corrected chi connectivity index (χ2v) is 6.91. The Morgan fingerprint density at radius 2 is 1.83 bits per heavy atom. The Hall–Kier alpha value is -2.00. The molecule has 29 heavy (non-hydrogen) atoms. The molecule has 0 aliphatic carbocycles. The molecule has 1 fully saturated rings. The van der Waals surface area contributed by atoms with E-state index in [1.54, 1.807) is 19.2 Å². The molecule has 0 aromatic heterocycles. The average Bonchev–Trinajstić information content (AvgIpc) is 2.73. The number of aliphatic imine (C=N–C) groups is 1. The lowest BCUT2D eigenvalue weighted by Gasteiger charge is -2.36. The van der Waals surface area contributed by atoms with Crippen LogP contribution in [0.4, 0.5) is 0 Å². The summed E-state index contributed by atoms with van der Waals surface area (Å²) in [5.41, 5.74) is 2.11. The van der Waals surface area contributed by atoms with Crippen LogP contribution in [0.5, 0.6) is 11.5 Å². The van der Waals surface area contributed by atoms with Crippen LogP contribution < -0.4 is 10.1 Å². The predicted octanol–water partition coefficient (Wildman–Crippen LogP) is 3.30. The van der Waals surface area contributed by atoms with Gasteiger partial charge >= 0.3 is 0 Å². The van der Waals surface area contributed by atoms with Crippen LogP contribution in [0.3, 0.4) is 0 Å². The van der Waals surface area contributed by atoms with Crippen LogP contribution in [-0.2, 0) is 13.1 Å². The van der Waals surface area contributed by atoms with Gasteiger partial charge in [-0.3, -0.25) is 4.90 Å². The number of guanidine groups is 1. The van der Waals surface area contributed by atoms with Crippen molar-refractivity contribution in [3.8, 4) is 11.5 Å². The lowest BCUT2D eigenvalue weighted by atomic mass is 10.2. The van der Waals surface area contributed by atoms with Crippen molar-refractivity contribution >= 4 is 29.9 Å². The van der Waals surface area contributed by atoms with E-state index in [1.165, 1.54) is 5.56 Å². The molecule has 0 amide bonds. The fraction of sp³-hybridized carbons (Fsp3) is 0.409. The number of hydrogen-bond donors (Lipinski definition) is 2. The summed E-state index contributed by atoms with van der Waals surface area (Å²) in [6, 6.07) is 15.8. The number of halogens is 1. The molecule has 0 unspecified atom stereocenters. The first-order chi connectivity index (χ1) is 13.7. The summed E-state index contributed by atoms with van der Waals surface area (Å²) in [7, 11) is 1.62. The molecule has 1 heterocycles. The molecule has 1 aliphatic heterocycles. The first-order valence-corrected chi connectivity index (χ1v) is 9.85. The molecular formula is C22H31IN4O2. The van der Waals surface area contributed by atoms with Crippen LogP contribution >= 0.6 is 24.0 Å². The molecule has 2 N–H and O–H groups in total. The fourth-order valence-corrected chi connectivity index (χ4v) is 3.36. The zero-order valence-electron chi connectivity index (χ0n) is 17.2. The maximum absolute atomic E-state index is 10.1. The van der Waals surface area contributed by atoms with Gasteiger partial charge in [0.25, 0.3) is 0 Å². The highest BCUT2D eigenvalue weighted by Crippen LogP contribution is 2.23. The van der Waals surface area contributed by atoms with Crippen molar-refractivity contribution in [2.45, 2.75) is 20.0 Å². The van der Waals surface area contributed by atoms with Crippen LogP contribution in [0.25, 0.3) is 0 Å². The number of aromatic hydroxyl groups is 1. The molecule has 0 bridgehead atoms. The molecule has 2 aromatic rings. The smallest absolute Gasteiger partial charge is 0.194 e. The summed E-state index contributed by atoms with van der Waals surface area (Å²) < 4.78 is 5.25. The number of benzene rings is 2. The van der Waals surface area contributed by atoms with Crippen molar-refractivity contribution in [2.75, 3.05) is 39.8 Å². The molecule has 7 heteroatoms. The number of hydrogen-bond acceptors (Lipinski definition) is 4. The SMILES string of the molecule is CCNC(=NCc1cc(OC)ccc1O)N1CCN(Cc2ccccc2)CC1.I. The molecule has 0 radical (unpaired) electrons. The van der Waals surface area contributed by atoms with Gasteiger partial charge in [-0.05, 0) is 30.7 Å². The summed E-state index contributed by atoms with van der Waals surface area (Å²) in [6.45, 7) is 8.16. The topological polar surface area (TPSA) is 60.3 Å². The number of phenols is 1. The van der Waals surface area contributed by atoms with Gasteiger partial charge in [0.1, 0.15) is 11.5 Å². The van der Waals surface area contributed by atoms with Gasteiger partial charge in [-0.2, -0.15) is 0 Å². The number of rotatable bonds is 6. The van der Waals surface area contributed by atoms with Crippen molar-refractivity contribution in [3.05, 3.63) is 59.7 Å². The van der Waals surface area contributed by atoms with Gasteiger partial charge in [-0.25, -0.2) is 4.99 Å². The Labute approximate surface area is 190 Å². The van der Waals surface area contributed by atoms with Crippen LogP contribution in [0.2, 0.25) is 0 Å². The van der Waals surface area contributed by atoms with Gasteiger partial charge in [0.15, 0.2) is 5.96 Å². The van der Waals surface area contributed by atoms with Crippen molar-refractivity contribution in [1.82, 2.24) is 15.1 Å². The van der Waals surface area contributed by atoms with Crippen molar-refractivity contribution in [2.24, 2.45) is 4.99 Å². The molecule has 0 saturated carbocycles. The maximum Gasteiger partial charge on any atom is 0.194 e. The minimum atomic E-state index is 0. The highest BCUT2D eigenvalue weighted by atomic mass is 127. The molecule has 6 nitrogen and oxygen atoms in total. The van der Waals surface area contributed by atoms with E-state index in [1.807, 2.05) is 6.07 Å². The minimum absolute atomic E-state index is 0. The second-order valence-electron chi connectivity index (χ2n) is 6.91. The van der Waals surface area contributed by atoms with E-state index in [2.05, 4.69) is 52.4 Å². The monoisotopic (exact) mass is 510 g/mol. The number of nitrogens with zero attached hydrogens (tertiary/aromatic N) is 3. The lowest BCUT2D eigenvalue weighted by Crippen LogP contribution is -2.52. The number of ether oxygens (including phenoxy) is 1. The zero-order chi connectivity index (χ0) is 19.8. The highest BCUT2D eigenvalue weighted by molar-refractivity contribution is 14.0. The van der Waals surface area contributed by atoms with Crippen molar-refractivity contribution in [3.63, 3.8) is 0 Å². The molecule has 158 valence electrons. The zero-order valence-corrected chi connectivity index (χ0v) is 19.5. The average molecular weight is 510 g/mol. The molecule has 1 aliphatic rings. The van der Waals surface area contributed by atoms with E-state index >= 15 is 0 Å². The lowest BCUT2D eigenvalue weighted by molar-refractivity contribution is 0.172. The van der Waals surface area contributed by atoms with Crippen LogP contribution in [0, 0.1) is 0 Å². The van der Waals surface area contributed by atoms with Gasteiger partial charge in [-0.15, -0.1) is 24.0 Å². The van der Waals surface area contributed by atoms with Gasteiger partial charge in [-0.1, -0.05) is 30.3 Å². The van der Waals surface area contributed by atoms with Gasteiger partial charge in [0.2, 0.25) is 0 Å². The van der Waals surface area contributed by atoms with E-state index < -0.39 is 0 Å². The van der Waals surface area contributed by atoms with Gasteiger partial charge in [0, 0.05) is 44.8 Å².